The van der Waals surface area contributed by atoms with Crippen molar-refractivity contribution < 1.29 is 55.8 Å². The number of nitrogens with zero attached hydrogens (tertiary/aromatic N) is 2. The molecule has 0 aliphatic carbocycles. The van der Waals surface area contributed by atoms with Gasteiger partial charge in [0.25, 0.3) is 11.8 Å². The van der Waals surface area contributed by atoms with E-state index in [1.165, 1.54) is 6.33 Å². The molecular formula is C19H25ClN4O8. The minimum absolute atomic E-state index is 0. The number of carbonyl (C=O) groups excluding carboxylic acids is 4. The van der Waals surface area contributed by atoms with E-state index in [0.717, 1.165) is 14.2 Å². The monoisotopic (exact) mass is 472 g/mol. The van der Waals surface area contributed by atoms with Crippen LogP contribution in [0.25, 0.3) is 11.0 Å². The van der Waals surface area contributed by atoms with Crippen LogP contribution < -0.4 is 27.6 Å². The summed E-state index contributed by atoms with van der Waals surface area (Å²) in [5.41, 5.74) is 1.27. The number of imidazole rings is 1. The van der Waals surface area contributed by atoms with Gasteiger partial charge in [-0.3, -0.25) is 9.59 Å². The molecule has 1 heterocycles. The molecule has 2 amide bonds. The first-order valence-corrected chi connectivity index (χ1v) is 9.28. The standard InChI is InChI=1S/C19H24N4O8.ClH/c1-30-18(28)12(9-24)20-16(26)7-22-11-23(15-6-4-3-5-14(15)22)8-17(27)21-13(10-25)19(29)31-2;/h3-6,11-13,24-25H,7-10H2,1-2H3,(H-,20,21,26,27);1H/t12-,13-;/m0./s1. The van der Waals surface area contributed by atoms with Gasteiger partial charge in [-0.15, -0.1) is 0 Å². The maximum Gasteiger partial charge on any atom is 0.330 e. The predicted molar refractivity (Wildman–Crippen MR) is 104 cm³/mol. The third-order valence-corrected chi connectivity index (χ3v) is 4.41. The number of fused-ring (bicyclic) bond motifs is 1. The molecule has 0 fully saturated rings. The summed E-state index contributed by atoms with van der Waals surface area (Å²) in [6, 6.07) is 4.62. The predicted octanol–water partition coefficient (Wildman–Crippen LogP) is -5.77. The number of nitrogens with one attached hydrogen (secondary N) is 2. The van der Waals surface area contributed by atoms with E-state index in [0.29, 0.717) is 11.0 Å². The summed E-state index contributed by atoms with van der Waals surface area (Å²) >= 11 is 0. The number of carbonyl (C=O) groups is 4. The van der Waals surface area contributed by atoms with Gasteiger partial charge in [-0.1, -0.05) is 12.1 Å². The minimum Gasteiger partial charge on any atom is -1.00 e. The number of methoxy groups -OCH3 is 2. The molecule has 2 rings (SSSR count). The normalized spacial score (nSPS) is 12.2. The molecule has 0 saturated heterocycles. The van der Waals surface area contributed by atoms with Crippen molar-refractivity contribution in [3.8, 4) is 0 Å². The van der Waals surface area contributed by atoms with E-state index in [4.69, 9.17) is 0 Å². The van der Waals surface area contributed by atoms with Crippen molar-refractivity contribution in [2.45, 2.75) is 25.2 Å². The summed E-state index contributed by atoms with van der Waals surface area (Å²) in [7, 11) is 2.29. The number of aliphatic hydroxyl groups excluding tert-OH is 2. The molecular weight excluding hydrogens is 448 g/mol. The summed E-state index contributed by atoms with van der Waals surface area (Å²) in [6.07, 6.45) is 1.53. The van der Waals surface area contributed by atoms with Crippen molar-refractivity contribution in [3.63, 3.8) is 0 Å². The fraction of sp³-hybridized carbons (Fsp3) is 0.421. The Balaban J connectivity index is 0.00000512. The smallest absolute Gasteiger partial charge is 0.330 e. The van der Waals surface area contributed by atoms with Gasteiger partial charge in [0, 0.05) is 0 Å². The van der Waals surface area contributed by atoms with Crippen LogP contribution in [0, 0.1) is 0 Å². The second-order valence-electron chi connectivity index (χ2n) is 6.51. The van der Waals surface area contributed by atoms with Gasteiger partial charge in [-0.25, -0.2) is 18.7 Å². The average molecular weight is 473 g/mol. The lowest BCUT2D eigenvalue weighted by Crippen LogP contribution is -3.00. The third kappa shape index (κ3) is 6.64. The molecule has 176 valence electrons. The van der Waals surface area contributed by atoms with E-state index in [9.17, 15) is 29.4 Å². The van der Waals surface area contributed by atoms with Crippen molar-refractivity contribution in [2.24, 2.45) is 0 Å². The molecule has 12 nitrogen and oxygen atoms in total. The number of aliphatic hydroxyl groups is 2. The Bertz CT molecular complexity index is 890. The number of aromatic nitrogens is 2. The Morgan fingerprint density at radius 2 is 1.50 bits per heavy atom. The van der Waals surface area contributed by atoms with E-state index in [1.807, 2.05) is 0 Å². The van der Waals surface area contributed by atoms with Crippen LogP contribution in [0.5, 0.6) is 0 Å². The molecule has 2 atom stereocenters. The summed E-state index contributed by atoms with van der Waals surface area (Å²) < 4.78 is 12.2. The molecule has 0 unspecified atom stereocenters. The SMILES string of the molecule is COC(=O)[C@H](CO)NC(=O)Cn1c[n+](CC(=O)N[C@@H](CO)C(=O)OC)c2ccccc21.[Cl-]. The van der Waals surface area contributed by atoms with Gasteiger partial charge in [0.15, 0.2) is 36.2 Å². The fourth-order valence-corrected chi connectivity index (χ4v) is 2.93. The zero-order valence-electron chi connectivity index (χ0n) is 17.5. The largest absolute Gasteiger partial charge is 1.00 e. The Kier molecular flexibility index (Phi) is 10.5. The number of halogens is 1. The lowest BCUT2D eigenvalue weighted by Gasteiger charge is -2.13. The molecule has 0 saturated carbocycles. The highest BCUT2D eigenvalue weighted by molar-refractivity contribution is 5.86. The van der Waals surface area contributed by atoms with Gasteiger partial charge in [0.05, 0.1) is 27.4 Å². The number of esters is 2. The molecule has 13 heteroatoms. The topological polar surface area (TPSA) is 160 Å². The molecule has 0 radical (unpaired) electrons. The lowest BCUT2D eigenvalue weighted by atomic mass is 10.3. The minimum atomic E-state index is -1.19. The van der Waals surface area contributed by atoms with Gasteiger partial charge in [0.1, 0.15) is 0 Å². The highest BCUT2D eigenvalue weighted by Gasteiger charge is 2.25. The quantitative estimate of drug-likeness (QED) is 0.196. The van der Waals surface area contributed by atoms with Crippen molar-refractivity contribution in [1.82, 2.24) is 15.2 Å². The molecule has 0 aliphatic rings. The molecule has 32 heavy (non-hydrogen) atoms. The second kappa shape index (κ2) is 12.6. The summed E-state index contributed by atoms with van der Waals surface area (Å²) in [6.45, 7) is -1.61. The van der Waals surface area contributed by atoms with Crippen LogP contribution in [0.2, 0.25) is 0 Å². The van der Waals surface area contributed by atoms with Gasteiger partial charge in [0.2, 0.25) is 6.33 Å². The summed E-state index contributed by atoms with van der Waals surface area (Å²) in [4.78, 5) is 47.8. The number of hydrogen-bond acceptors (Lipinski definition) is 8. The summed E-state index contributed by atoms with van der Waals surface area (Å²) in [5, 5.41) is 23.3. The molecule has 0 aliphatic heterocycles. The Labute approximate surface area is 189 Å². The van der Waals surface area contributed by atoms with Crippen LogP contribution >= 0.6 is 0 Å². The maximum atomic E-state index is 12.4. The number of amides is 2. The molecule has 0 spiro atoms. The average Bonchev–Trinajstić information content (AvgIpc) is 3.11. The van der Waals surface area contributed by atoms with E-state index in [2.05, 4.69) is 20.1 Å². The Morgan fingerprint density at radius 3 is 2.03 bits per heavy atom. The van der Waals surface area contributed by atoms with Crippen molar-refractivity contribution in [2.75, 3.05) is 27.4 Å². The van der Waals surface area contributed by atoms with Crippen LogP contribution in [0.15, 0.2) is 30.6 Å². The van der Waals surface area contributed by atoms with Gasteiger partial charge in [-0.2, -0.15) is 0 Å². The first-order chi connectivity index (χ1) is 14.8. The second-order valence-corrected chi connectivity index (χ2v) is 6.51. The number of hydrogen-bond donors (Lipinski definition) is 4. The number of ether oxygens (including phenoxy) is 2. The number of rotatable bonds is 10. The summed E-state index contributed by atoms with van der Waals surface area (Å²) in [5.74, 6) is -2.64. The van der Waals surface area contributed by atoms with Gasteiger partial charge >= 0.3 is 11.9 Å². The van der Waals surface area contributed by atoms with Gasteiger partial charge in [-0.05, 0) is 12.1 Å². The fourth-order valence-electron chi connectivity index (χ4n) is 2.93. The van der Waals surface area contributed by atoms with Crippen LogP contribution in [0.4, 0.5) is 0 Å². The van der Waals surface area contributed by atoms with Crippen LogP contribution in [-0.4, -0.2) is 78.1 Å². The highest BCUT2D eigenvalue weighted by atomic mass is 35.5. The van der Waals surface area contributed by atoms with Crippen LogP contribution in [-0.2, 0) is 41.7 Å². The van der Waals surface area contributed by atoms with Crippen LogP contribution in [0.1, 0.15) is 0 Å². The lowest BCUT2D eigenvalue weighted by molar-refractivity contribution is -0.659. The zero-order chi connectivity index (χ0) is 23.0. The maximum absolute atomic E-state index is 12.4. The van der Waals surface area contributed by atoms with Gasteiger partial charge < -0.3 is 42.7 Å². The van der Waals surface area contributed by atoms with E-state index >= 15 is 0 Å². The van der Waals surface area contributed by atoms with Crippen molar-refractivity contribution in [1.29, 1.82) is 0 Å². The molecule has 4 N–H and O–H groups in total. The van der Waals surface area contributed by atoms with Crippen LogP contribution in [0.3, 0.4) is 0 Å². The Hall–Kier alpha value is -3.22. The molecule has 2 aromatic rings. The third-order valence-electron chi connectivity index (χ3n) is 4.41. The molecule has 1 aromatic carbocycles. The zero-order valence-corrected chi connectivity index (χ0v) is 18.2. The first-order valence-electron chi connectivity index (χ1n) is 9.28. The number of benzene rings is 1. The van der Waals surface area contributed by atoms with E-state index in [1.54, 1.807) is 33.4 Å². The highest BCUT2D eigenvalue weighted by Crippen LogP contribution is 2.10. The first kappa shape index (κ1) is 26.8. The number of para-hydroxylation sites is 2. The van der Waals surface area contributed by atoms with Crippen molar-refractivity contribution in [3.05, 3.63) is 30.6 Å². The van der Waals surface area contributed by atoms with Crippen molar-refractivity contribution >= 4 is 34.8 Å². The van der Waals surface area contributed by atoms with E-state index < -0.39 is 49.1 Å². The molecule has 0 bridgehead atoms. The molecule has 1 aromatic heterocycles. The van der Waals surface area contributed by atoms with E-state index in [-0.39, 0.29) is 25.5 Å². The Morgan fingerprint density at radius 1 is 0.969 bits per heavy atom.